The lowest BCUT2D eigenvalue weighted by Crippen LogP contribution is -2.01. The Hall–Kier alpha value is 1.04. The summed E-state index contributed by atoms with van der Waals surface area (Å²) in [7, 11) is 1.67. The first-order valence-electron chi connectivity index (χ1n) is 2.92. The van der Waals surface area contributed by atoms with E-state index in [-0.39, 0.29) is 0 Å². The first-order valence-corrected chi connectivity index (χ1v) is 6.28. The first-order chi connectivity index (χ1) is 3.91. The van der Waals surface area contributed by atoms with Crippen molar-refractivity contribution >= 4 is 30.3 Å². The van der Waals surface area contributed by atoms with E-state index in [1.54, 1.807) is 9.12 Å². The number of rotatable bonds is 5. The number of hydrogen-bond acceptors (Lipinski definition) is 2. The zero-order valence-electron chi connectivity index (χ0n) is 5.11. The molecular formula is C5H12INS. The van der Waals surface area contributed by atoms with Crippen molar-refractivity contribution < 1.29 is 0 Å². The van der Waals surface area contributed by atoms with Crippen molar-refractivity contribution in [3.05, 3.63) is 0 Å². The number of hydrogen-bond donors (Lipinski definition) is 1. The van der Waals surface area contributed by atoms with Gasteiger partial charge in [-0.05, 0) is 15.5 Å². The second kappa shape index (κ2) is 8.04. The third-order valence-electron chi connectivity index (χ3n) is 0.937. The molecule has 1 nitrogen and oxygen atoms in total. The molecule has 3 heteroatoms. The standard InChI is InChI=1S/C5H12INS/c1-2-3-4-5-7-8-6/h7H,2-5H2,1H3. The van der Waals surface area contributed by atoms with Crippen LogP contribution in [-0.4, -0.2) is 6.54 Å². The van der Waals surface area contributed by atoms with Crippen molar-refractivity contribution in [3.63, 3.8) is 0 Å². The Morgan fingerprint density at radius 3 is 2.75 bits per heavy atom. The summed E-state index contributed by atoms with van der Waals surface area (Å²) in [5, 5.41) is 0. The van der Waals surface area contributed by atoms with Gasteiger partial charge in [0.15, 0.2) is 0 Å². The van der Waals surface area contributed by atoms with E-state index in [1.165, 1.54) is 19.3 Å². The molecular weight excluding hydrogens is 233 g/mol. The van der Waals surface area contributed by atoms with Gasteiger partial charge < -0.3 is 0 Å². The zero-order chi connectivity index (χ0) is 6.24. The molecule has 0 aromatic rings. The maximum Gasteiger partial charge on any atom is 0.0143 e. The molecule has 0 aliphatic rings. The van der Waals surface area contributed by atoms with Crippen molar-refractivity contribution in [2.24, 2.45) is 0 Å². The van der Waals surface area contributed by atoms with Gasteiger partial charge in [0.25, 0.3) is 0 Å². The zero-order valence-corrected chi connectivity index (χ0v) is 8.09. The summed E-state index contributed by atoms with van der Waals surface area (Å²) in [5.74, 6) is 0. The fourth-order valence-electron chi connectivity index (χ4n) is 0.486. The second-order valence-corrected chi connectivity index (χ2v) is 3.44. The van der Waals surface area contributed by atoms with Crippen molar-refractivity contribution in [3.8, 4) is 0 Å². The highest BCUT2D eigenvalue weighted by atomic mass is 127. The largest absolute Gasteiger partial charge is 0.255 e. The Labute approximate surface area is 67.7 Å². The van der Waals surface area contributed by atoms with Gasteiger partial charge in [0.05, 0.1) is 0 Å². The molecule has 8 heavy (non-hydrogen) atoms. The normalized spacial score (nSPS) is 9.75. The molecule has 0 saturated carbocycles. The third-order valence-corrected chi connectivity index (χ3v) is 2.18. The molecule has 0 unspecified atom stereocenters. The van der Waals surface area contributed by atoms with E-state index in [9.17, 15) is 0 Å². The van der Waals surface area contributed by atoms with Crippen molar-refractivity contribution in [1.82, 2.24) is 4.72 Å². The maximum atomic E-state index is 3.19. The molecule has 0 aromatic heterocycles. The van der Waals surface area contributed by atoms with Crippen LogP contribution in [0, 0.1) is 0 Å². The minimum Gasteiger partial charge on any atom is -0.255 e. The quantitative estimate of drug-likeness (QED) is 0.454. The fourth-order valence-corrected chi connectivity index (χ4v) is 1.37. The van der Waals surface area contributed by atoms with Crippen LogP contribution in [0.4, 0.5) is 0 Å². The van der Waals surface area contributed by atoms with Crippen LogP contribution in [0.5, 0.6) is 0 Å². The molecule has 0 radical (unpaired) electrons. The minimum absolute atomic E-state index is 1.15. The monoisotopic (exact) mass is 245 g/mol. The molecule has 1 N–H and O–H groups in total. The highest BCUT2D eigenvalue weighted by Gasteiger charge is 1.82. The van der Waals surface area contributed by atoms with E-state index in [0.29, 0.717) is 0 Å². The van der Waals surface area contributed by atoms with Gasteiger partial charge in [0.2, 0.25) is 0 Å². The Bertz CT molecular complexity index is 37.4. The van der Waals surface area contributed by atoms with Gasteiger partial charge in [0, 0.05) is 27.8 Å². The molecule has 0 aliphatic heterocycles. The molecule has 50 valence electrons. The number of halogens is 1. The van der Waals surface area contributed by atoms with E-state index >= 15 is 0 Å². The predicted molar refractivity (Wildman–Crippen MR) is 49.1 cm³/mol. The topological polar surface area (TPSA) is 12.0 Å². The van der Waals surface area contributed by atoms with E-state index in [4.69, 9.17) is 0 Å². The van der Waals surface area contributed by atoms with Crippen molar-refractivity contribution in [1.29, 1.82) is 0 Å². The molecule has 0 rings (SSSR count). The van der Waals surface area contributed by atoms with Gasteiger partial charge >= 0.3 is 0 Å². The Morgan fingerprint density at radius 2 is 2.25 bits per heavy atom. The third kappa shape index (κ3) is 7.04. The lowest BCUT2D eigenvalue weighted by molar-refractivity contribution is 0.710. The smallest absolute Gasteiger partial charge is 0.0143 e. The summed E-state index contributed by atoms with van der Waals surface area (Å²) in [6, 6.07) is 0. The van der Waals surface area contributed by atoms with E-state index in [2.05, 4.69) is 32.9 Å². The lowest BCUT2D eigenvalue weighted by Gasteiger charge is -1.95. The van der Waals surface area contributed by atoms with Crippen LogP contribution in [-0.2, 0) is 0 Å². The van der Waals surface area contributed by atoms with Crippen molar-refractivity contribution in [2.75, 3.05) is 6.54 Å². The maximum absolute atomic E-state index is 3.19. The summed E-state index contributed by atoms with van der Waals surface area (Å²) in [6.07, 6.45) is 3.98. The van der Waals surface area contributed by atoms with Gasteiger partial charge in [-0.2, -0.15) is 0 Å². The van der Waals surface area contributed by atoms with Gasteiger partial charge in [-0.25, -0.2) is 0 Å². The van der Waals surface area contributed by atoms with E-state index in [1.807, 2.05) is 0 Å². The SMILES string of the molecule is CCCCCNSI. The first kappa shape index (κ1) is 9.04. The average Bonchev–Trinajstić information content (AvgIpc) is 1.81. The molecule has 0 spiro atoms. The van der Waals surface area contributed by atoms with Gasteiger partial charge in [-0.3, -0.25) is 4.72 Å². The van der Waals surface area contributed by atoms with Crippen LogP contribution >= 0.6 is 30.3 Å². The average molecular weight is 245 g/mol. The summed E-state index contributed by atoms with van der Waals surface area (Å²) in [4.78, 5) is 0. The van der Waals surface area contributed by atoms with Crippen LogP contribution in [0.2, 0.25) is 0 Å². The molecule has 0 bridgehead atoms. The summed E-state index contributed by atoms with van der Waals surface area (Å²) in [6.45, 7) is 3.37. The van der Waals surface area contributed by atoms with Crippen LogP contribution in [0.3, 0.4) is 0 Å². The van der Waals surface area contributed by atoms with Crippen LogP contribution in [0.1, 0.15) is 26.2 Å². The van der Waals surface area contributed by atoms with E-state index in [0.717, 1.165) is 6.54 Å². The second-order valence-electron chi connectivity index (χ2n) is 1.68. The molecule has 0 saturated heterocycles. The molecule has 0 heterocycles. The molecule has 0 aliphatic carbocycles. The van der Waals surface area contributed by atoms with Crippen LogP contribution in [0.15, 0.2) is 0 Å². The minimum atomic E-state index is 1.15. The molecule has 0 atom stereocenters. The van der Waals surface area contributed by atoms with Gasteiger partial charge in [-0.1, -0.05) is 19.8 Å². The molecule has 0 amide bonds. The fraction of sp³-hybridized carbons (Fsp3) is 1.00. The van der Waals surface area contributed by atoms with E-state index < -0.39 is 0 Å². The van der Waals surface area contributed by atoms with Crippen LogP contribution in [0.25, 0.3) is 0 Å². The predicted octanol–water partition coefficient (Wildman–Crippen LogP) is 2.76. The summed E-state index contributed by atoms with van der Waals surface area (Å²) >= 11 is 2.24. The lowest BCUT2D eigenvalue weighted by atomic mass is 10.3. The summed E-state index contributed by atoms with van der Waals surface area (Å²) in [5.41, 5.74) is 0. The number of unbranched alkanes of at least 4 members (excludes halogenated alkanes) is 2. The number of nitrogens with one attached hydrogen (secondary N) is 1. The van der Waals surface area contributed by atoms with Crippen molar-refractivity contribution in [2.45, 2.75) is 26.2 Å². The highest BCUT2D eigenvalue weighted by Crippen LogP contribution is 2.04. The summed E-state index contributed by atoms with van der Waals surface area (Å²) < 4.78 is 3.19. The molecule has 0 fully saturated rings. The van der Waals surface area contributed by atoms with Gasteiger partial charge in [0.1, 0.15) is 0 Å². The van der Waals surface area contributed by atoms with Gasteiger partial charge in [-0.15, -0.1) is 0 Å². The Balaban J connectivity index is 2.53. The van der Waals surface area contributed by atoms with Crippen LogP contribution < -0.4 is 4.72 Å². The highest BCUT2D eigenvalue weighted by molar-refractivity contribution is 14.2. The Kier molecular flexibility index (Phi) is 9.09. The Morgan fingerprint density at radius 1 is 1.50 bits per heavy atom. The molecule has 0 aromatic carbocycles.